The lowest BCUT2D eigenvalue weighted by atomic mass is 9.78. The van der Waals surface area contributed by atoms with Crippen LogP contribution in [0.4, 0.5) is 5.82 Å². The first-order valence-corrected chi connectivity index (χ1v) is 8.53. The van der Waals surface area contributed by atoms with Crippen molar-refractivity contribution in [3.63, 3.8) is 0 Å². The van der Waals surface area contributed by atoms with E-state index >= 15 is 0 Å². The summed E-state index contributed by atoms with van der Waals surface area (Å²) in [5.41, 5.74) is 9.20. The average Bonchev–Trinajstić information content (AvgIpc) is 2.45. The molecule has 114 valence electrons. The topological polar surface area (TPSA) is 42.1 Å². The molecule has 2 aliphatic rings. The molecule has 1 aliphatic heterocycles. The number of piperidine rings is 1. The first-order valence-electron chi connectivity index (χ1n) is 8.12. The SMILES string of the molecule is Cc1cc(C)c(C(N)=S)c(N2CCCC3CCCCC32)n1. The van der Waals surface area contributed by atoms with Crippen LogP contribution in [0.5, 0.6) is 0 Å². The Hall–Kier alpha value is -1.16. The molecule has 1 saturated carbocycles. The molecule has 0 spiro atoms. The van der Waals surface area contributed by atoms with Gasteiger partial charge in [-0.25, -0.2) is 4.98 Å². The lowest BCUT2D eigenvalue weighted by Crippen LogP contribution is -2.48. The van der Waals surface area contributed by atoms with Crippen LogP contribution in [0.15, 0.2) is 6.07 Å². The summed E-state index contributed by atoms with van der Waals surface area (Å²) in [6.45, 7) is 5.24. The van der Waals surface area contributed by atoms with Gasteiger partial charge in [0.1, 0.15) is 10.8 Å². The van der Waals surface area contributed by atoms with Gasteiger partial charge < -0.3 is 10.6 Å². The Morgan fingerprint density at radius 2 is 1.95 bits per heavy atom. The molecule has 3 nitrogen and oxygen atoms in total. The fraction of sp³-hybridized carbons (Fsp3) is 0.647. The third-order valence-corrected chi connectivity index (χ3v) is 5.29. The molecular formula is C17H25N3S. The number of pyridine rings is 1. The summed E-state index contributed by atoms with van der Waals surface area (Å²) >= 11 is 5.31. The van der Waals surface area contributed by atoms with Crippen LogP contribution in [-0.4, -0.2) is 22.6 Å². The molecule has 0 radical (unpaired) electrons. The van der Waals surface area contributed by atoms with Gasteiger partial charge in [0.15, 0.2) is 0 Å². The molecule has 1 aromatic heterocycles. The Morgan fingerprint density at radius 1 is 1.24 bits per heavy atom. The highest BCUT2D eigenvalue weighted by Gasteiger charge is 2.35. The van der Waals surface area contributed by atoms with Crippen LogP contribution in [0.1, 0.15) is 55.3 Å². The Labute approximate surface area is 132 Å². The Kier molecular flexibility index (Phi) is 4.16. The highest BCUT2D eigenvalue weighted by atomic mass is 32.1. The van der Waals surface area contributed by atoms with Crippen molar-refractivity contribution in [1.82, 2.24) is 4.98 Å². The van der Waals surface area contributed by atoms with E-state index in [-0.39, 0.29) is 0 Å². The van der Waals surface area contributed by atoms with E-state index in [4.69, 9.17) is 22.9 Å². The highest BCUT2D eigenvalue weighted by Crippen LogP contribution is 2.38. The van der Waals surface area contributed by atoms with Gasteiger partial charge in [0.05, 0.1) is 5.56 Å². The van der Waals surface area contributed by atoms with E-state index in [1.165, 1.54) is 38.5 Å². The minimum atomic E-state index is 0.480. The molecule has 4 heteroatoms. The van der Waals surface area contributed by atoms with Gasteiger partial charge in [-0.05, 0) is 57.1 Å². The van der Waals surface area contributed by atoms with Crippen LogP contribution in [0.3, 0.4) is 0 Å². The summed E-state index contributed by atoms with van der Waals surface area (Å²) < 4.78 is 0. The van der Waals surface area contributed by atoms with Crippen molar-refractivity contribution in [2.45, 2.75) is 58.4 Å². The summed E-state index contributed by atoms with van der Waals surface area (Å²) in [6.07, 6.45) is 8.01. The molecular weight excluding hydrogens is 278 g/mol. The van der Waals surface area contributed by atoms with Crippen molar-refractivity contribution >= 4 is 23.0 Å². The predicted octanol–water partition coefficient (Wildman–Crippen LogP) is 3.49. The number of aromatic nitrogens is 1. The average molecular weight is 303 g/mol. The van der Waals surface area contributed by atoms with Crippen LogP contribution in [-0.2, 0) is 0 Å². The maximum atomic E-state index is 6.00. The molecule has 1 aliphatic carbocycles. The molecule has 2 heterocycles. The van der Waals surface area contributed by atoms with Gasteiger partial charge in [-0.3, -0.25) is 0 Å². The largest absolute Gasteiger partial charge is 0.389 e. The summed E-state index contributed by atoms with van der Waals surface area (Å²) in [5.74, 6) is 1.87. The van der Waals surface area contributed by atoms with Gasteiger partial charge in [-0.15, -0.1) is 0 Å². The van der Waals surface area contributed by atoms with Gasteiger partial charge in [0.25, 0.3) is 0 Å². The molecule has 3 rings (SSSR count). The predicted molar refractivity (Wildman–Crippen MR) is 91.9 cm³/mol. The van der Waals surface area contributed by atoms with Crippen molar-refractivity contribution in [2.75, 3.05) is 11.4 Å². The van der Waals surface area contributed by atoms with Crippen LogP contribution in [0, 0.1) is 19.8 Å². The zero-order valence-corrected chi connectivity index (χ0v) is 13.9. The second-order valence-corrected chi connectivity index (χ2v) is 7.03. The van der Waals surface area contributed by atoms with Gasteiger partial charge in [-0.1, -0.05) is 25.1 Å². The van der Waals surface area contributed by atoms with Crippen molar-refractivity contribution < 1.29 is 0 Å². The fourth-order valence-corrected chi connectivity index (χ4v) is 4.47. The molecule has 1 saturated heterocycles. The van der Waals surface area contributed by atoms with Crippen molar-refractivity contribution in [3.05, 3.63) is 22.9 Å². The van der Waals surface area contributed by atoms with Crippen molar-refractivity contribution in [3.8, 4) is 0 Å². The second-order valence-electron chi connectivity index (χ2n) is 6.59. The van der Waals surface area contributed by atoms with Gasteiger partial charge in [0.2, 0.25) is 0 Å². The summed E-state index contributed by atoms with van der Waals surface area (Å²) in [5, 5.41) is 0. The smallest absolute Gasteiger partial charge is 0.139 e. The van der Waals surface area contributed by atoms with E-state index < -0.39 is 0 Å². The normalized spacial score (nSPS) is 25.5. The molecule has 2 atom stereocenters. The molecule has 2 N–H and O–H groups in total. The maximum absolute atomic E-state index is 6.00. The molecule has 0 bridgehead atoms. The van der Waals surface area contributed by atoms with Crippen LogP contribution in [0.25, 0.3) is 0 Å². The summed E-state index contributed by atoms with van der Waals surface area (Å²) in [6, 6.07) is 2.72. The number of hydrogen-bond acceptors (Lipinski definition) is 3. The maximum Gasteiger partial charge on any atom is 0.139 e. The molecule has 1 aromatic rings. The van der Waals surface area contributed by atoms with E-state index in [1.807, 2.05) is 0 Å². The first-order chi connectivity index (χ1) is 10.1. The van der Waals surface area contributed by atoms with Crippen LogP contribution < -0.4 is 10.6 Å². The number of rotatable bonds is 2. The quantitative estimate of drug-likeness (QED) is 0.849. The van der Waals surface area contributed by atoms with Gasteiger partial charge >= 0.3 is 0 Å². The minimum absolute atomic E-state index is 0.480. The van der Waals surface area contributed by atoms with E-state index in [1.54, 1.807) is 0 Å². The molecule has 0 amide bonds. The Balaban J connectivity index is 2.04. The van der Waals surface area contributed by atoms with Gasteiger partial charge in [-0.2, -0.15) is 0 Å². The molecule has 2 fully saturated rings. The second kappa shape index (κ2) is 5.91. The molecule has 0 aromatic carbocycles. The van der Waals surface area contributed by atoms with Gasteiger partial charge in [0, 0.05) is 18.3 Å². The van der Waals surface area contributed by atoms with E-state index in [9.17, 15) is 0 Å². The minimum Gasteiger partial charge on any atom is -0.389 e. The number of nitrogens with zero attached hydrogens (tertiary/aromatic N) is 2. The van der Waals surface area contributed by atoms with E-state index in [0.29, 0.717) is 11.0 Å². The van der Waals surface area contributed by atoms with Crippen LogP contribution >= 0.6 is 12.2 Å². The zero-order chi connectivity index (χ0) is 15.0. The third-order valence-electron chi connectivity index (χ3n) is 5.09. The van der Waals surface area contributed by atoms with Crippen molar-refractivity contribution in [1.29, 1.82) is 0 Å². The number of fused-ring (bicyclic) bond motifs is 1. The van der Waals surface area contributed by atoms with Crippen LogP contribution in [0.2, 0.25) is 0 Å². The number of thiocarbonyl (C=S) groups is 1. The Morgan fingerprint density at radius 3 is 2.71 bits per heavy atom. The monoisotopic (exact) mass is 303 g/mol. The number of anilines is 1. The third kappa shape index (κ3) is 2.78. The standard InChI is InChI=1S/C17H25N3S/c1-11-10-12(2)19-17(15(11)16(18)21)20-9-5-7-13-6-3-4-8-14(13)20/h10,13-14H,3-9H2,1-2H3,(H2,18,21). The van der Waals surface area contributed by atoms with Crippen molar-refractivity contribution in [2.24, 2.45) is 11.7 Å². The molecule has 21 heavy (non-hydrogen) atoms. The highest BCUT2D eigenvalue weighted by molar-refractivity contribution is 7.80. The lowest BCUT2D eigenvalue weighted by Gasteiger charge is -2.45. The number of aryl methyl sites for hydroxylation is 2. The zero-order valence-electron chi connectivity index (χ0n) is 13.1. The van der Waals surface area contributed by atoms with E-state index in [0.717, 1.165) is 35.1 Å². The fourth-order valence-electron chi connectivity index (χ4n) is 4.22. The number of hydrogen-bond donors (Lipinski definition) is 1. The van der Waals surface area contributed by atoms with E-state index in [2.05, 4.69) is 24.8 Å². The first kappa shape index (κ1) is 14.8. The summed E-state index contributed by atoms with van der Waals surface area (Å²) in [4.78, 5) is 7.82. The summed E-state index contributed by atoms with van der Waals surface area (Å²) in [7, 11) is 0. The molecule has 2 unspecified atom stereocenters. The Bertz CT molecular complexity index is 553. The number of nitrogens with two attached hydrogens (primary N) is 1. The lowest BCUT2D eigenvalue weighted by molar-refractivity contribution is 0.242.